The van der Waals surface area contributed by atoms with Crippen molar-refractivity contribution >= 4 is 16.3 Å². The van der Waals surface area contributed by atoms with E-state index in [0.29, 0.717) is 55.0 Å². The molecule has 5 rings (SSSR count). The average molecular weight is 569 g/mol. The molecule has 11 atom stereocenters. The van der Waals surface area contributed by atoms with Crippen LogP contribution in [0.1, 0.15) is 98.3 Å². The predicted octanol–water partition coefficient (Wildman–Crippen LogP) is 4.71. The summed E-state index contributed by atoms with van der Waals surface area (Å²) < 4.78 is 33.4. The summed E-state index contributed by atoms with van der Waals surface area (Å²) in [5.41, 5.74) is 0.351. The van der Waals surface area contributed by atoms with E-state index in [4.69, 9.17) is 4.74 Å². The van der Waals surface area contributed by atoms with Crippen molar-refractivity contribution in [2.75, 3.05) is 19.7 Å². The fourth-order valence-electron chi connectivity index (χ4n) is 10.6. The Hall–Kier alpha value is -0.900. The number of nitrogens with one attached hydrogen (secondary N) is 1. The van der Waals surface area contributed by atoms with Crippen molar-refractivity contribution in [1.29, 1.82) is 0 Å². The van der Waals surface area contributed by atoms with Gasteiger partial charge in [-0.1, -0.05) is 34.1 Å². The van der Waals surface area contributed by atoms with E-state index in [0.717, 1.165) is 64.2 Å². The van der Waals surface area contributed by atoms with Crippen LogP contribution < -0.4 is 4.72 Å². The van der Waals surface area contributed by atoms with Crippen molar-refractivity contribution in [3.8, 4) is 0 Å². The summed E-state index contributed by atoms with van der Waals surface area (Å²) in [5.74, 6) is 2.83. The third kappa shape index (κ3) is 5.16. The quantitative estimate of drug-likeness (QED) is 0.410. The van der Waals surface area contributed by atoms with Crippen molar-refractivity contribution in [3.05, 3.63) is 0 Å². The molecule has 0 radical (unpaired) electrons. The molecule has 1 heterocycles. The summed E-state index contributed by atoms with van der Waals surface area (Å²) in [6, 6.07) is 0. The molecule has 0 aromatic carbocycles. The molecule has 0 bridgehead atoms. The Morgan fingerprint density at radius 3 is 2.38 bits per heavy atom. The topological polar surface area (TPSA) is 116 Å². The van der Waals surface area contributed by atoms with E-state index in [-0.39, 0.29) is 35.6 Å². The summed E-state index contributed by atoms with van der Waals surface area (Å²) in [4.78, 5) is 12.2. The lowest BCUT2D eigenvalue weighted by Crippen LogP contribution is -2.62. The predicted molar refractivity (Wildman–Crippen MR) is 150 cm³/mol. The Balaban J connectivity index is 1.22. The number of aliphatic hydroxyl groups is 2. The van der Waals surface area contributed by atoms with E-state index in [1.807, 2.05) is 0 Å². The first kappa shape index (κ1) is 29.6. The van der Waals surface area contributed by atoms with E-state index < -0.39 is 16.3 Å². The number of fused-ring (bicyclic) bond motifs is 5. The molecular weight excluding hydrogens is 516 g/mol. The maximum absolute atomic E-state index is 12.3. The molecule has 39 heavy (non-hydrogen) atoms. The van der Waals surface area contributed by atoms with Crippen molar-refractivity contribution < 1.29 is 28.2 Å². The highest BCUT2D eigenvalue weighted by Gasteiger charge is 2.64. The molecular formula is C30H52N2O6S. The standard InChI is InChI=1S/C30H52N2O6S/c1-5-21-25-18-20(33)10-13-30(25,4)24-11-14-29(3)22(8-9-23(29)26(24)27(21)34)19(2)12-17-38-28(35)31-39(36,37)32-15-6-7-16-32/h19-27,33-34H,5-18H2,1-4H3,(H,31,35)/t19-,20-,21-,22-,23+,24+,25+,26+,27-,29-,30-/m1/s1. The van der Waals surface area contributed by atoms with Crippen LogP contribution in [0.4, 0.5) is 4.79 Å². The zero-order valence-electron chi connectivity index (χ0n) is 24.5. The molecule has 0 spiro atoms. The van der Waals surface area contributed by atoms with Crippen molar-refractivity contribution in [2.24, 2.45) is 52.3 Å². The van der Waals surface area contributed by atoms with Crippen molar-refractivity contribution in [2.45, 2.75) is 111 Å². The highest BCUT2D eigenvalue weighted by molar-refractivity contribution is 7.87. The highest BCUT2D eigenvalue weighted by Crippen LogP contribution is 2.69. The fraction of sp³-hybridized carbons (Fsp3) is 0.967. The molecule has 5 aliphatic rings. The maximum Gasteiger partial charge on any atom is 0.421 e. The van der Waals surface area contributed by atoms with E-state index in [2.05, 4.69) is 32.4 Å². The molecule has 8 nitrogen and oxygen atoms in total. The summed E-state index contributed by atoms with van der Waals surface area (Å²) >= 11 is 0. The van der Waals surface area contributed by atoms with Crippen LogP contribution in [0.5, 0.6) is 0 Å². The number of carbonyl (C=O) groups is 1. The minimum absolute atomic E-state index is 0.151. The average Bonchev–Trinajstić information content (AvgIpc) is 3.54. The molecule has 1 saturated heterocycles. The molecule has 224 valence electrons. The molecule has 0 aromatic rings. The summed E-state index contributed by atoms with van der Waals surface area (Å²) in [7, 11) is -3.82. The Morgan fingerprint density at radius 2 is 1.69 bits per heavy atom. The van der Waals surface area contributed by atoms with Gasteiger partial charge in [-0.3, -0.25) is 0 Å². The smallest absolute Gasteiger partial charge is 0.421 e. The van der Waals surface area contributed by atoms with Gasteiger partial charge < -0.3 is 14.9 Å². The van der Waals surface area contributed by atoms with E-state index in [1.54, 1.807) is 0 Å². The number of hydrogen-bond donors (Lipinski definition) is 3. The van der Waals surface area contributed by atoms with Crippen LogP contribution in [0.15, 0.2) is 0 Å². The van der Waals surface area contributed by atoms with E-state index in [1.165, 1.54) is 4.31 Å². The van der Waals surface area contributed by atoms with Gasteiger partial charge in [-0.15, -0.1) is 0 Å². The first-order valence-corrected chi connectivity index (χ1v) is 17.2. The van der Waals surface area contributed by atoms with Crippen LogP contribution in [0, 0.1) is 52.3 Å². The lowest BCUT2D eigenvalue weighted by atomic mass is 9.41. The second kappa shape index (κ2) is 11.1. The summed E-state index contributed by atoms with van der Waals surface area (Å²) in [6.45, 7) is 10.5. The van der Waals surface area contributed by atoms with Crippen molar-refractivity contribution in [3.63, 3.8) is 0 Å². The summed E-state index contributed by atoms with van der Waals surface area (Å²) in [5, 5.41) is 22.4. The first-order valence-electron chi connectivity index (χ1n) is 15.7. The van der Waals surface area contributed by atoms with E-state index >= 15 is 0 Å². The second-order valence-electron chi connectivity index (χ2n) is 14.2. The van der Waals surface area contributed by atoms with Crippen LogP contribution in [0.2, 0.25) is 0 Å². The monoisotopic (exact) mass is 568 g/mol. The Bertz CT molecular complexity index is 1000. The molecule has 4 aliphatic carbocycles. The van der Waals surface area contributed by atoms with E-state index in [9.17, 15) is 23.4 Å². The number of rotatable bonds is 7. The number of hydrogen-bond acceptors (Lipinski definition) is 6. The van der Waals surface area contributed by atoms with Crippen molar-refractivity contribution in [1.82, 2.24) is 9.03 Å². The van der Waals surface area contributed by atoms with Gasteiger partial charge in [0, 0.05) is 13.1 Å². The van der Waals surface area contributed by atoms with Crippen LogP contribution >= 0.6 is 0 Å². The Labute approximate surface area is 235 Å². The minimum atomic E-state index is -3.82. The highest BCUT2D eigenvalue weighted by atomic mass is 32.2. The van der Waals surface area contributed by atoms with Gasteiger partial charge in [-0.05, 0) is 116 Å². The fourth-order valence-corrected chi connectivity index (χ4v) is 11.7. The molecule has 5 fully saturated rings. The second-order valence-corrected chi connectivity index (χ2v) is 15.9. The number of amides is 1. The number of nitrogens with zero attached hydrogens (tertiary/aromatic N) is 1. The van der Waals surface area contributed by atoms with Crippen LogP contribution in [0.3, 0.4) is 0 Å². The molecule has 0 unspecified atom stereocenters. The molecule has 4 saturated carbocycles. The van der Waals surface area contributed by atoms with Gasteiger partial charge in [0.15, 0.2) is 0 Å². The largest absolute Gasteiger partial charge is 0.449 e. The normalized spacial score (nSPS) is 45.2. The zero-order chi connectivity index (χ0) is 28.2. The third-order valence-electron chi connectivity index (χ3n) is 12.6. The maximum atomic E-state index is 12.3. The molecule has 9 heteroatoms. The van der Waals surface area contributed by atoms with Gasteiger partial charge in [0.2, 0.25) is 0 Å². The van der Waals surface area contributed by atoms with Crippen LogP contribution in [-0.4, -0.2) is 60.9 Å². The molecule has 1 amide bonds. The van der Waals surface area contributed by atoms with Gasteiger partial charge in [-0.2, -0.15) is 12.7 Å². The number of carbonyl (C=O) groups excluding carboxylic acids is 1. The van der Waals surface area contributed by atoms with Gasteiger partial charge in [-0.25, -0.2) is 9.52 Å². The first-order chi connectivity index (χ1) is 18.4. The molecule has 1 aliphatic heterocycles. The van der Waals surface area contributed by atoms with Gasteiger partial charge in [0.1, 0.15) is 0 Å². The number of aliphatic hydroxyl groups excluding tert-OH is 2. The van der Waals surface area contributed by atoms with Gasteiger partial charge >= 0.3 is 16.3 Å². The minimum Gasteiger partial charge on any atom is -0.449 e. The Kier molecular flexibility index (Phi) is 8.40. The SMILES string of the molecule is CC[C@H]1[C@@H](O)[C@@H]2[C@H](CC[C@]3(C)[C@@H]([C@H](C)CCOC(=O)NS(=O)(=O)N4CCCC4)CC[C@@H]23)[C@@]2(C)CC[C@@H](O)C[C@@H]12. The zero-order valence-corrected chi connectivity index (χ0v) is 25.3. The number of ether oxygens (including phenoxy) is 1. The van der Waals surface area contributed by atoms with Gasteiger partial charge in [0.05, 0.1) is 18.8 Å². The van der Waals surface area contributed by atoms with Crippen LogP contribution in [0.25, 0.3) is 0 Å². The lowest BCUT2D eigenvalue weighted by Gasteiger charge is -2.64. The lowest BCUT2D eigenvalue weighted by molar-refractivity contribution is -0.203. The Morgan fingerprint density at radius 1 is 1.03 bits per heavy atom. The van der Waals surface area contributed by atoms with Gasteiger partial charge in [0.25, 0.3) is 0 Å². The molecule has 0 aromatic heterocycles. The van der Waals surface area contributed by atoms with Crippen LogP contribution in [-0.2, 0) is 14.9 Å². The molecule has 3 N–H and O–H groups in total. The third-order valence-corrected chi connectivity index (χ3v) is 14.0. The summed E-state index contributed by atoms with van der Waals surface area (Å²) in [6.07, 6.45) is 9.25.